The van der Waals surface area contributed by atoms with E-state index in [1.165, 1.54) is 0 Å². The number of benzene rings is 1. The van der Waals surface area contributed by atoms with Gasteiger partial charge in [0, 0.05) is 17.1 Å². The van der Waals surface area contributed by atoms with E-state index in [1.807, 2.05) is 38.1 Å². The van der Waals surface area contributed by atoms with Crippen LogP contribution in [0.2, 0.25) is 0 Å². The van der Waals surface area contributed by atoms with Crippen LogP contribution in [-0.2, 0) is 14.9 Å². The molecule has 4 heteroatoms. The summed E-state index contributed by atoms with van der Waals surface area (Å²) in [5.74, 6) is 0.127. The van der Waals surface area contributed by atoms with Gasteiger partial charge in [-0.2, -0.15) is 0 Å². The topological polar surface area (TPSA) is 38.3 Å². The number of nitrogens with one attached hydrogen (secondary N) is 1. The first-order valence-electron chi connectivity index (χ1n) is 6.73. The molecule has 3 nitrogen and oxygen atoms in total. The number of ether oxygens (including phenoxy) is 1. The molecule has 1 atom stereocenters. The fourth-order valence-corrected chi connectivity index (χ4v) is 2.50. The van der Waals surface area contributed by atoms with Gasteiger partial charge in [0.25, 0.3) is 0 Å². The van der Waals surface area contributed by atoms with Crippen LogP contribution in [0, 0.1) is 0 Å². The minimum Gasteiger partial charge on any atom is -0.380 e. The minimum absolute atomic E-state index is 0.0559. The SMILES string of the molecule is CCOCC(C)NC(=O)C1(c2ccc(Br)cc2)CC1. The van der Waals surface area contributed by atoms with E-state index in [9.17, 15) is 4.79 Å². The predicted molar refractivity (Wildman–Crippen MR) is 79.2 cm³/mol. The van der Waals surface area contributed by atoms with Gasteiger partial charge in [0.2, 0.25) is 5.91 Å². The third-order valence-corrected chi connectivity index (χ3v) is 4.06. The van der Waals surface area contributed by atoms with Crippen molar-refractivity contribution >= 4 is 21.8 Å². The first kappa shape index (κ1) is 14.5. The van der Waals surface area contributed by atoms with E-state index in [0.717, 1.165) is 22.9 Å². The predicted octanol–water partition coefficient (Wildman–Crippen LogP) is 3.02. The first-order valence-corrected chi connectivity index (χ1v) is 7.52. The largest absolute Gasteiger partial charge is 0.380 e. The van der Waals surface area contributed by atoms with Gasteiger partial charge < -0.3 is 10.1 Å². The van der Waals surface area contributed by atoms with Crippen LogP contribution >= 0.6 is 15.9 Å². The number of amides is 1. The lowest BCUT2D eigenvalue weighted by molar-refractivity contribution is -0.124. The molecule has 0 heterocycles. The quantitative estimate of drug-likeness (QED) is 0.873. The molecule has 1 aliphatic carbocycles. The van der Waals surface area contributed by atoms with Gasteiger partial charge >= 0.3 is 0 Å². The zero-order chi connectivity index (χ0) is 13.9. The fraction of sp³-hybridized carbons (Fsp3) is 0.533. The van der Waals surface area contributed by atoms with Crippen LogP contribution in [0.4, 0.5) is 0 Å². The highest BCUT2D eigenvalue weighted by atomic mass is 79.9. The Hall–Kier alpha value is -0.870. The maximum atomic E-state index is 12.4. The van der Waals surface area contributed by atoms with E-state index in [1.54, 1.807) is 0 Å². The monoisotopic (exact) mass is 325 g/mol. The lowest BCUT2D eigenvalue weighted by Crippen LogP contribution is -2.42. The molecule has 1 unspecified atom stereocenters. The number of carbonyl (C=O) groups is 1. The highest BCUT2D eigenvalue weighted by molar-refractivity contribution is 9.10. The van der Waals surface area contributed by atoms with Gasteiger partial charge in [-0.3, -0.25) is 4.79 Å². The van der Waals surface area contributed by atoms with Crippen molar-refractivity contribution < 1.29 is 9.53 Å². The van der Waals surface area contributed by atoms with Gasteiger partial charge in [0.1, 0.15) is 0 Å². The number of halogens is 1. The number of carbonyl (C=O) groups excluding carboxylic acids is 1. The average molecular weight is 326 g/mol. The van der Waals surface area contributed by atoms with Gasteiger partial charge in [0.15, 0.2) is 0 Å². The number of rotatable bonds is 6. The van der Waals surface area contributed by atoms with Crippen LogP contribution in [-0.4, -0.2) is 25.2 Å². The van der Waals surface area contributed by atoms with Crippen molar-refractivity contribution in [1.82, 2.24) is 5.32 Å². The molecule has 1 aromatic carbocycles. The number of hydrogen-bond acceptors (Lipinski definition) is 2. The molecule has 1 N–H and O–H groups in total. The molecule has 104 valence electrons. The molecule has 0 saturated heterocycles. The first-order chi connectivity index (χ1) is 9.08. The van der Waals surface area contributed by atoms with Crippen LogP contribution < -0.4 is 5.32 Å². The Morgan fingerprint density at radius 3 is 2.58 bits per heavy atom. The molecule has 1 saturated carbocycles. The van der Waals surface area contributed by atoms with Crippen LogP contribution in [0.15, 0.2) is 28.7 Å². The van der Waals surface area contributed by atoms with Crippen LogP contribution in [0.25, 0.3) is 0 Å². The van der Waals surface area contributed by atoms with Crippen LogP contribution in [0.5, 0.6) is 0 Å². The fourth-order valence-electron chi connectivity index (χ4n) is 2.24. The Morgan fingerprint density at radius 2 is 2.05 bits per heavy atom. The van der Waals surface area contributed by atoms with E-state index in [2.05, 4.69) is 21.2 Å². The summed E-state index contributed by atoms with van der Waals surface area (Å²) in [6.07, 6.45) is 1.86. The minimum atomic E-state index is -0.304. The zero-order valence-corrected chi connectivity index (χ0v) is 13.0. The molecule has 0 radical (unpaired) electrons. The second-order valence-electron chi connectivity index (χ2n) is 5.12. The summed E-state index contributed by atoms with van der Waals surface area (Å²) in [6.45, 7) is 5.18. The molecule has 1 aliphatic rings. The Morgan fingerprint density at radius 1 is 1.42 bits per heavy atom. The molecular formula is C15H20BrNO2. The van der Waals surface area contributed by atoms with Crippen LogP contribution in [0.3, 0.4) is 0 Å². The Bertz CT molecular complexity index is 440. The van der Waals surface area contributed by atoms with E-state index in [-0.39, 0.29) is 17.4 Å². The lowest BCUT2D eigenvalue weighted by atomic mass is 9.95. The van der Waals surface area contributed by atoms with E-state index in [0.29, 0.717) is 13.2 Å². The van der Waals surface area contributed by atoms with E-state index < -0.39 is 0 Å². The molecular weight excluding hydrogens is 306 g/mol. The Balaban J connectivity index is 2.00. The summed E-state index contributed by atoms with van der Waals surface area (Å²) in [5.41, 5.74) is 0.804. The zero-order valence-electron chi connectivity index (χ0n) is 11.4. The van der Waals surface area contributed by atoms with E-state index >= 15 is 0 Å². The summed E-state index contributed by atoms with van der Waals surface area (Å²) < 4.78 is 6.37. The molecule has 0 aromatic heterocycles. The maximum Gasteiger partial charge on any atom is 0.230 e. The molecule has 19 heavy (non-hydrogen) atoms. The molecule has 0 spiro atoms. The molecule has 0 aliphatic heterocycles. The van der Waals surface area contributed by atoms with Gasteiger partial charge in [-0.05, 0) is 44.4 Å². The lowest BCUT2D eigenvalue weighted by Gasteiger charge is -2.20. The van der Waals surface area contributed by atoms with Crippen molar-refractivity contribution in [1.29, 1.82) is 0 Å². The van der Waals surface area contributed by atoms with Crippen molar-refractivity contribution in [3.63, 3.8) is 0 Å². The van der Waals surface area contributed by atoms with Gasteiger partial charge in [-0.25, -0.2) is 0 Å². The molecule has 1 fully saturated rings. The standard InChI is InChI=1S/C15H20BrNO2/c1-3-19-10-11(2)17-14(18)15(8-9-15)12-4-6-13(16)7-5-12/h4-7,11H,3,8-10H2,1-2H3,(H,17,18). The van der Waals surface area contributed by atoms with Crippen molar-refractivity contribution in [3.8, 4) is 0 Å². The summed E-state index contributed by atoms with van der Waals surface area (Å²) in [5, 5.41) is 3.05. The maximum absolute atomic E-state index is 12.4. The Labute approximate surface area is 122 Å². The second kappa shape index (κ2) is 6.06. The smallest absolute Gasteiger partial charge is 0.230 e. The summed E-state index contributed by atoms with van der Waals surface area (Å²) in [4.78, 5) is 12.4. The highest BCUT2D eigenvalue weighted by Crippen LogP contribution is 2.48. The van der Waals surface area contributed by atoms with Crippen molar-refractivity contribution in [2.75, 3.05) is 13.2 Å². The third kappa shape index (κ3) is 3.37. The highest BCUT2D eigenvalue weighted by Gasteiger charge is 2.51. The molecule has 2 rings (SSSR count). The molecule has 0 bridgehead atoms. The molecule has 1 aromatic rings. The van der Waals surface area contributed by atoms with E-state index in [4.69, 9.17) is 4.74 Å². The van der Waals surface area contributed by atoms with Crippen molar-refractivity contribution in [3.05, 3.63) is 34.3 Å². The summed E-state index contributed by atoms with van der Waals surface area (Å²) in [7, 11) is 0. The van der Waals surface area contributed by atoms with Crippen LogP contribution in [0.1, 0.15) is 32.3 Å². The van der Waals surface area contributed by atoms with Gasteiger partial charge in [-0.15, -0.1) is 0 Å². The van der Waals surface area contributed by atoms with Crippen molar-refractivity contribution in [2.45, 2.75) is 38.1 Å². The number of hydrogen-bond donors (Lipinski definition) is 1. The van der Waals surface area contributed by atoms with Gasteiger partial charge in [-0.1, -0.05) is 28.1 Å². The molecule has 1 amide bonds. The third-order valence-electron chi connectivity index (χ3n) is 3.53. The normalized spacial score (nSPS) is 17.8. The average Bonchev–Trinajstić information content (AvgIpc) is 3.18. The van der Waals surface area contributed by atoms with Gasteiger partial charge in [0.05, 0.1) is 12.0 Å². The summed E-state index contributed by atoms with van der Waals surface area (Å²) >= 11 is 3.42. The Kier molecular flexibility index (Phi) is 4.63. The van der Waals surface area contributed by atoms with Crippen molar-refractivity contribution in [2.24, 2.45) is 0 Å². The summed E-state index contributed by atoms with van der Waals surface area (Å²) in [6, 6.07) is 8.10. The second-order valence-corrected chi connectivity index (χ2v) is 6.04.